The van der Waals surface area contributed by atoms with Gasteiger partial charge in [0.25, 0.3) is 0 Å². The zero-order valence-electron chi connectivity index (χ0n) is 20.9. The van der Waals surface area contributed by atoms with Gasteiger partial charge in [0, 0.05) is 13.1 Å². The summed E-state index contributed by atoms with van der Waals surface area (Å²) in [4.78, 5) is 10.3. The maximum absolute atomic E-state index is 14.1. The third kappa shape index (κ3) is 6.27. The lowest BCUT2D eigenvalue weighted by Gasteiger charge is -2.45. The summed E-state index contributed by atoms with van der Waals surface area (Å²) in [5, 5.41) is 27.3. The Labute approximate surface area is 193 Å². The van der Waals surface area contributed by atoms with Crippen LogP contribution >= 0.6 is 15.0 Å². The van der Waals surface area contributed by atoms with Crippen molar-refractivity contribution in [2.75, 3.05) is 6.66 Å². The van der Waals surface area contributed by atoms with Crippen LogP contribution in [-0.2, 0) is 22.9 Å². The fourth-order valence-corrected chi connectivity index (χ4v) is 7.66. The van der Waals surface area contributed by atoms with E-state index in [9.17, 15) is 29.3 Å². The molecule has 0 aliphatic carbocycles. The molecule has 1 heterocycles. The molecule has 0 aromatic carbocycles. The zero-order chi connectivity index (χ0) is 25.3. The number of aliphatic hydroxyl groups is 3. The SMILES string of the molecule is B[C@@H]1O[C@H](CC(C)(CC)OP(C)(=O)C(C)(CC)C(CC)OP(=O)(O)C(C)(C)O)[C@@H](O)[C@H]1O. The van der Waals surface area contributed by atoms with Gasteiger partial charge < -0.3 is 34.0 Å². The fraction of sp³-hybridized carbons (Fsp3) is 1.00. The molecule has 12 heteroatoms. The third-order valence-corrected chi connectivity index (χ3v) is 12.2. The number of aliphatic hydroxyl groups excluding tert-OH is 2. The minimum Gasteiger partial charge on any atom is -0.388 e. The normalized spacial score (nSPS) is 33.0. The average Bonchev–Trinajstić information content (AvgIpc) is 2.90. The van der Waals surface area contributed by atoms with Crippen LogP contribution in [0.3, 0.4) is 0 Å². The van der Waals surface area contributed by atoms with Gasteiger partial charge in [-0.3, -0.25) is 9.13 Å². The molecule has 32 heavy (non-hydrogen) atoms. The third-order valence-electron chi connectivity index (χ3n) is 7.05. The molecule has 190 valence electrons. The van der Waals surface area contributed by atoms with Crippen LogP contribution in [0.5, 0.6) is 0 Å². The van der Waals surface area contributed by atoms with Crippen LogP contribution < -0.4 is 0 Å². The molecular weight excluding hydrogens is 457 g/mol. The fourth-order valence-electron chi connectivity index (χ4n) is 4.01. The zero-order valence-corrected chi connectivity index (χ0v) is 22.7. The predicted molar refractivity (Wildman–Crippen MR) is 127 cm³/mol. The Morgan fingerprint density at radius 3 is 1.94 bits per heavy atom. The Kier molecular flexibility index (Phi) is 9.91. The first-order valence-electron chi connectivity index (χ1n) is 11.3. The van der Waals surface area contributed by atoms with Gasteiger partial charge in [-0.1, -0.05) is 20.8 Å². The second kappa shape index (κ2) is 10.5. The van der Waals surface area contributed by atoms with Crippen LogP contribution in [0, 0.1) is 0 Å². The van der Waals surface area contributed by atoms with E-state index in [4.69, 9.17) is 13.8 Å². The van der Waals surface area contributed by atoms with E-state index in [0.29, 0.717) is 12.8 Å². The highest BCUT2D eigenvalue weighted by molar-refractivity contribution is 7.60. The van der Waals surface area contributed by atoms with Crippen LogP contribution in [0.2, 0.25) is 0 Å². The molecule has 9 nitrogen and oxygen atoms in total. The molecule has 1 rings (SSSR count). The van der Waals surface area contributed by atoms with Crippen molar-refractivity contribution in [2.45, 2.75) is 121 Å². The molecule has 1 fully saturated rings. The number of rotatable bonds is 12. The quantitative estimate of drug-likeness (QED) is 0.235. The average molecular weight is 500 g/mol. The minimum atomic E-state index is -4.43. The molecule has 1 aliphatic heterocycles. The van der Waals surface area contributed by atoms with Crippen LogP contribution in [0.4, 0.5) is 0 Å². The minimum absolute atomic E-state index is 0.212. The smallest absolute Gasteiger partial charge is 0.359 e. The van der Waals surface area contributed by atoms with Gasteiger partial charge in [0.1, 0.15) is 20.1 Å². The molecule has 9 atom stereocenters. The number of hydrogen-bond donors (Lipinski definition) is 4. The van der Waals surface area contributed by atoms with Crippen LogP contribution in [0.15, 0.2) is 0 Å². The lowest BCUT2D eigenvalue weighted by atomic mass is 9.90. The van der Waals surface area contributed by atoms with E-state index in [1.165, 1.54) is 20.5 Å². The highest BCUT2D eigenvalue weighted by Crippen LogP contribution is 2.66. The summed E-state index contributed by atoms with van der Waals surface area (Å²) in [5.74, 6) is 0. The van der Waals surface area contributed by atoms with Crippen molar-refractivity contribution >= 4 is 22.8 Å². The molecule has 1 aliphatic rings. The maximum Gasteiger partial charge on any atom is 0.359 e. The van der Waals surface area contributed by atoms with E-state index < -0.39 is 61.5 Å². The second-order valence-electron chi connectivity index (χ2n) is 10.0. The van der Waals surface area contributed by atoms with Crippen molar-refractivity contribution in [2.24, 2.45) is 0 Å². The predicted octanol–water partition coefficient (Wildman–Crippen LogP) is 2.43. The Hall–Kier alpha value is 0.245. The highest BCUT2D eigenvalue weighted by Gasteiger charge is 2.54. The molecule has 5 unspecified atom stereocenters. The molecule has 0 saturated carbocycles. The molecule has 0 bridgehead atoms. The summed E-state index contributed by atoms with van der Waals surface area (Å²) in [6.45, 7) is 12.8. The second-order valence-corrected chi connectivity index (χ2v) is 15.3. The summed E-state index contributed by atoms with van der Waals surface area (Å²) in [7, 11) is -6.27. The summed E-state index contributed by atoms with van der Waals surface area (Å²) in [6, 6.07) is -0.524. The van der Waals surface area contributed by atoms with Gasteiger partial charge in [-0.25, -0.2) is 0 Å². The van der Waals surface area contributed by atoms with Crippen molar-refractivity contribution in [1.29, 1.82) is 0 Å². The van der Waals surface area contributed by atoms with Crippen molar-refractivity contribution < 1.29 is 43.1 Å². The van der Waals surface area contributed by atoms with Gasteiger partial charge in [-0.05, 0) is 47.0 Å². The Morgan fingerprint density at radius 2 is 1.59 bits per heavy atom. The van der Waals surface area contributed by atoms with Crippen LogP contribution in [-0.4, -0.2) is 81.2 Å². The Morgan fingerprint density at radius 1 is 1.06 bits per heavy atom. The van der Waals surface area contributed by atoms with Crippen molar-refractivity contribution in [3.8, 4) is 0 Å². The van der Waals surface area contributed by atoms with Gasteiger partial charge in [0.2, 0.25) is 7.37 Å². The molecular formula is C20H43BO9P2. The Balaban J connectivity index is 3.21. The largest absolute Gasteiger partial charge is 0.388 e. The first-order chi connectivity index (χ1) is 14.3. The topological polar surface area (TPSA) is 143 Å². The number of hydrogen-bond acceptors (Lipinski definition) is 8. The van der Waals surface area contributed by atoms with Crippen molar-refractivity contribution in [1.82, 2.24) is 0 Å². The van der Waals surface area contributed by atoms with Gasteiger partial charge >= 0.3 is 7.60 Å². The molecule has 0 spiro atoms. The van der Waals surface area contributed by atoms with E-state index in [2.05, 4.69) is 0 Å². The van der Waals surface area contributed by atoms with Gasteiger partial charge in [-0.2, -0.15) is 0 Å². The van der Waals surface area contributed by atoms with E-state index in [0.717, 1.165) is 0 Å². The molecule has 0 amide bonds. The highest BCUT2D eigenvalue weighted by atomic mass is 31.2. The first-order valence-corrected chi connectivity index (χ1v) is 15.0. The van der Waals surface area contributed by atoms with E-state index in [1.54, 1.807) is 28.6 Å². The van der Waals surface area contributed by atoms with Crippen LogP contribution in [0.25, 0.3) is 0 Å². The lowest BCUT2D eigenvalue weighted by Crippen LogP contribution is -2.44. The summed E-state index contributed by atoms with van der Waals surface area (Å²) in [5.41, 5.74) is -0.951. The molecule has 0 radical (unpaired) electrons. The summed E-state index contributed by atoms with van der Waals surface area (Å²) < 4.78 is 44.2. The van der Waals surface area contributed by atoms with Crippen molar-refractivity contribution in [3.05, 3.63) is 0 Å². The molecule has 0 aromatic rings. The van der Waals surface area contributed by atoms with E-state index >= 15 is 0 Å². The molecule has 1 saturated heterocycles. The van der Waals surface area contributed by atoms with E-state index in [1.807, 2.05) is 13.8 Å². The maximum atomic E-state index is 14.1. The van der Waals surface area contributed by atoms with Gasteiger partial charge in [0.15, 0.2) is 5.34 Å². The van der Waals surface area contributed by atoms with Crippen molar-refractivity contribution in [3.63, 3.8) is 0 Å². The monoisotopic (exact) mass is 500 g/mol. The number of ether oxygens (including phenoxy) is 1. The standard InChI is InChI=1S/C20H43BO9P2/c1-9-14(29-32(26,27)18(4,5)24)20(7,11-3)31(8,25)30-19(6,10-2)12-13-15(22)16(23)17(21)28-13/h13-17,22-24H,9-12,21H2,1-8H3,(H,26,27)/t13-,14?,15-,16-,17-,19?,20?,31?/m1/s1. The summed E-state index contributed by atoms with van der Waals surface area (Å²) in [6.07, 6.45) is -2.39. The Bertz CT molecular complexity index is 730. The molecule has 4 N–H and O–H groups in total. The lowest BCUT2D eigenvalue weighted by molar-refractivity contribution is -0.0348. The van der Waals surface area contributed by atoms with E-state index in [-0.39, 0.29) is 12.8 Å². The first kappa shape index (κ1) is 30.3. The van der Waals surface area contributed by atoms with Crippen LogP contribution in [0.1, 0.15) is 74.1 Å². The van der Waals surface area contributed by atoms with Gasteiger partial charge in [0.05, 0.1) is 29.0 Å². The molecule has 0 aromatic heterocycles. The summed E-state index contributed by atoms with van der Waals surface area (Å²) >= 11 is 0. The van der Waals surface area contributed by atoms with Gasteiger partial charge in [-0.15, -0.1) is 0 Å².